The predicted molar refractivity (Wildman–Crippen MR) is 58.7 cm³/mol. The maximum absolute atomic E-state index is 11.0. The Balaban J connectivity index is 2.23. The fourth-order valence-corrected chi connectivity index (χ4v) is 1.71. The number of hydrogen-bond donors (Lipinski definition) is 1. The molecule has 0 atom stereocenters. The van der Waals surface area contributed by atoms with E-state index in [0.29, 0.717) is 11.5 Å². The standard InChI is InChI=1S/C10H14N4O2/c1-7(15)11-10-9(12-16-13-10)8-4-3-5-14(2)6-8/h4H,3,5-6H2,1-2H3,(H,11,13,15). The smallest absolute Gasteiger partial charge is 0.222 e. The summed E-state index contributed by atoms with van der Waals surface area (Å²) in [6.45, 7) is 3.25. The molecule has 1 amide bonds. The normalized spacial score (nSPS) is 17.0. The molecule has 2 heterocycles. The third-order valence-corrected chi connectivity index (χ3v) is 2.43. The molecule has 0 aliphatic carbocycles. The lowest BCUT2D eigenvalue weighted by molar-refractivity contribution is -0.114. The number of likely N-dealkylation sites (N-methyl/N-ethyl adjacent to an activating group) is 1. The zero-order valence-corrected chi connectivity index (χ0v) is 9.36. The van der Waals surface area contributed by atoms with E-state index in [0.717, 1.165) is 25.1 Å². The molecule has 2 rings (SSSR count). The highest BCUT2D eigenvalue weighted by Gasteiger charge is 2.19. The van der Waals surface area contributed by atoms with Crippen LogP contribution in [0, 0.1) is 0 Å². The first-order chi connectivity index (χ1) is 7.66. The molecular weight excluding hydrogens is 208 g/mol. The average molecular weight is 222 g/mol. The monoisotopic (exact) mass is 222 g/mol. The molecule has 1 N–H and O–H groups in total. The van der Waals surface area contributed by atoms with Crippen molar-refractivity contribution in [1.29, 1.82) is 0 Å². The number of carbonyl (C=O) groups is 1. The Labute approximate surface area is 93.3 Å². The second-order valence-electron chi connectivity index (χ2n) is 3.90. The first-order valence-electron chi connectivity index (χ1n) is 5.15. The van der Waals surface area contributed by atoms with Crippen molar-refractivity contribution in [3.8, 4) is 0 Å². The number of aromatic nitrogens is 2. The SMILES string of the molecule is CC(=O)Nc1nonc1C1=CCCN(C)C1. The number of rotatable bonds is 2. The molecule has 0 spiro atoms. The minimum absolute atomic E-state index is 0.179. The largest absolute Gasteiger partial charge is 0.306 e. The first kappa shape index (κ1) is 10.8. The third-order valence-electron chi connectivity index (χ3n) is 2.43. The number of hydrogen-bond acceptors (Lipinski definition) is 5. The fourth-order valence-electron chi connectivity index (χ4n) is 1.71. The van der Waals surface area contributed by atoms with Crippen molar-refractivity contribution in [1.82, 2.24) is 15.2 Å². The minimum atomic E-state index is -0.179. The Bertz CT molecular complexity index is 424. The summed E-state index contributed by atoms with van der Waals surface area (Å²) in [5, 5.41) is 10.1. The van der Waals surface area contributed by atoms with Crippen LogP contribution in [0.15, 0.2) is 10.7 Å². The highest BCUT2D eigenvalue weighted by molar-refractivity contribution is 5.90. The van der Waals surface area contributed by atoms with Crippen LogP contribution in [-0.4, -0.2) is 41.3 Å². The van der Waals surface area contributed by atoms with Gasteiger partial charge in [0.25, 0.3) is 0 Å². The van der Waals surface area contributed by atoms with E-state index < -0.39 is 0 Å². The summed E-state index contributed by atoms with van der Waals surface area (Å²) in [4.78, 5) is 13.1. The van der Waals surface area contributed by atoms with Gasteiger partial charge >= 0.3 is 0 Å². The third kappa shape index (κ3) is 2.27. The van der Waals surface area contributed by atoms with Gasteiger partial charge in [-0.2, -0.15) is 0 Å². The topological polar surface area (TPSA) is 71.3 Å². The predicted octanol–water partition coefficient (Wildman–Crippen LogP) is 0.747. The van der Waals surface area contributed by atoms with E-state index in [1.807, 2.05) is 7.05 Å². The molecule has 6 nitrogen and oxygen atoms in total. The summed E-state index contributed by atoms with van der Waals surface area (Å²) in [6, 6.07) is 0. The van der Waals surface area contributed by atoms with Gasteiger partial charge in [-0.15, -0.1) is 0 Å². The van der Waals surface area contributed by atoms with Crippen molar-refractivity contribution < 1.29 is 9.42 Å². The molecule has 0 saturated carbocycles. The van der Waals surface area contributed by atoms with Crippen LogP contribution in [0.3, 0.4) is 0 Å². The molecule has 1 aliphatic heterocycles. The number of carbonyl (C=O) groups excluding carboxylic acids is 1. The highest BCUT2D eigenvalue weighted by Crippen LogP contribution is 2.23. The van der Waals surface area contributed by atoms with Crippen molar-refractivity contribution in [2.45, 2.75) is 13.3 Å². The van der Waals surface area contributed by atoms with Gasteiger partial charge in [0.1, 0.15) is 0 Å². The van der Waals surface area contributed by atoms with Gasteiger partial charge in [0.05, 0.1) is 0 Å². The molecule has 1 aliphatic rings. The van der Waals surface area contributed by atoms with Crippen LogP contribution in [0.4, 0.5) is 5.82 Å². The lowest BCUT2D eigenvalue weighted by Gasteiger charge is -2.21. The van der Waals surface area contributed by atoms with Gasteiger partial charge in [0.15, 0.2) is 5.69 Å². The molecule has 1 aromatic heterocycles. The van der Waals surface area contributed by atoms with Crippen LogP contribution < -0.4 is 5.32 Å². The van der Waals surface area contributed by atoms with Crippen LogP contribution >= 0.6 is 0 Å². The van der Waals surface area contributed by atoms with Gasteiger partial charge in [0.2, 0.25) is 11.7 Å². The van der Waals surface area contributed by atoms with E-state index >= 15 is 0 Å². The van der Waals surface area contributed by atoms with Crippen molar-refractivity contribution >= 4 is 17.3 Å². The first-order valence-corrected chi connectivity index (χ1v) is 5.15. The number of nitrogens with one attached hydrogen (secondary N) is 1. The lowest BCUT2D eigenvalue weighted by Crippen LogP contribution is -2.25. The lowest BCUT2D eigenvalue weighted by atomic mass is 10.1. The van der Waals surface area contributed by atoms with Gasteiger partial charge in [-0.05, 0) is 29.4 Å². The maximum Gasteiger partial charge on any atom is 0.222 e. The van der Waals surface area contributed by atoms with Crippen LogP contribution in [0.5, 0.6) is 0 Å². The van der Waals surface area contributed by atoms with Crippen molar-refractivity contribution in [2.24, 2.45) is 0 Å². The van der Waals surface area contributed by atoms with E-state index in [2.05, 4.69) is 31.2 Å². The molecule has 6 heteroatoms. The van der Waals surface area contributed by atoms with E-state index in [1.165, 1.54) is 6.92 Å². The summed E-state index contributed by atoms with van der Waals surface area (Å²) in [6.07, 6.45) is 3.07. The molecule has 0 bridgehead atoms. The van der Waals surface area contributed by atoms with Crippen LogP contribution in [0.25, 0.3) is 5.57 Å². The second-order valence-corrected chi connectivity index (χ2v) is 3.90. The van der Waals surface area contributed by atoms with Crippen LogP contribution in [-0.2, 0) is 4.79 Å². The molecule has 0 fully saturated rings. The maximum atomic E-state index is 11.0. The average Bonchev–Trinajstić information content (AvgIpc) is 2.65. The van der Waals surface area contributed by atoms with E-state index in [4.69, 9.17) is 0 Å². The zero-order chi connectivity index (χ0) is 11.5. The van der Waals surface area contributed by atoms with Crippen molar-refractivity contribution in [3.05, 3.63) is 11.8 Å². The Morgan fingerprint density at radius 2 is 2.38 bits per heavy atom. The van der Waals surface area contributed by atoms with Crippen LogP contribution in [0.1, 0.15) is 19.0 Å². The number of anilines is 1. The molecule has 1 aromatic rings. The van der Waals surface area contributed by atoms with E-state index in [1.54, 1.807) is 0 Å². The highest BCUT2D eigenvalue weighted by atomic mass is 16.6. The number of nitrogens with zero attached hydrogens (tertiary/aromatic N) is 3. The van der Waals surface area contributed by atoms with Crippen molar-refractivity contribution in [3.63, 3.8) is 0 Å². The van der Waals surface area contributed by atoms with Crippen molar-refractivity contribution in [2.75, 3.05) is 25.5 Å². The van der Waals surface area contributed by atoms with E-state index in [-0.39, 0.29) is 5.91 Å². The zero-order valence-electron chi connectivity index (χ0n) is 9.36. The van der Waals surface area contributed by atoms with E-state index in [9.17, 15) is 4.79 Å². The van der Waals surface area contributed by atoms with Gasteiger partial charge in [-0.3, -0.25) is 4.79 Å². The Kier molecular flexibility index (Phi) is 3.00. The molecule has 0 saturated heterocycles. The molecule has 86 valence electrons. The summed E-state index contributed by atoms with van der Waals surface area (Å²) in [7, 11) is 2.04. The van der Waals surface area contributed by atoms with Gasteiger partial charge in [-0.1, -0.05) is 6.08 Å². The Hall–Kier alpha value is -1.69. The summed E-state index contributed by atoms with van der Waals surface area (Å²) in [5.74, 6) is 0.218. The second kappa shape index (κ2) is 4.44. The summed E-state index contributed by atoms with van der Waals surface area (Å²) >= 11 is 0. The Morgan fingerprint density at radius 3 is 3.06 bits per heavy atom. The summed E-state index contributed by atoms with van der Waals surface area (Å²) < 4.78 is 4.66. The molecule has 0 radical (unpaired) electrons. The molecule has 0 aromatic carbocycles. The van der Waals surface area contributed by atoms with Gasteiger partial charge in [0, 0.05) is 20.0 Å². The molecular formula is C10H14N4O2. The summed E-state index contributed by atoms with van der Waals surface area (Å²) in [5.41, 5.74) is 1.67. The molecule has 16 heavy (non-hydrogen) atoms. The fraction of sp³-hybridized carbons (Fsp3) is 0.500. The van der Waals surface area contributed by atoms with Gasteiger partial charge in [-0.25, -0.2) is 4.63 Å². The Morgan fingerprint density at radius 1 is 1.56 bits per heavy atom. The molecule has 0 unspecified atom stereocenters. The quantitative estimate of drug-likeness (QED) is 0.799. The van der Waals surface area contributed by atoms with Gasteiger partial charge < -0.3 is 10.2 Å². The minimum Gasteiger partial charge on any atom is -0.306 e. The van der Waals surface area contributed by atoms with Crippen LogP contribution in [0.2, 0.25) is 0 Å². The number of amides is 1.